The number of carbonyl (C=O) groups excluding carboxylic acids is 3. The summed E-state index contributed by atoms with van der Waals surface area (Å²) in [6, 6.07) is 0. The monoisotopic (exact) mass is 684 g/mol. The fourth-order valence-corrected chi connectivity index (χ4v) is 2.86. The first-order valence-corrected chi connectivity index (χ1v) is 16.3. The first-order valence-electron chi connectivity index (χ1n) is 16.3. The first-order chi connectivity index (χ1) is 22.3. The molecule has 2 amide bonds. The zero-order valence-electron chi connectivity index (χ0n) is 30.2. The number of ether oxygens (including phenoxy) is 10. The molecule has 0 aromatic heterocycles. The molecule has 0 fully saturated rings. The summed E-state index contributed by atoms with van der Waals surface area (Å²) in [5.41, 5.74) is -0.981. The number of amides is 2. The molecule has 47 heavy (non-hydrogen) atoms. The fraction of sp³-hybridized carbons (Fsp3) is 0.906. The Labute approximate surface area is 282 Å². The molecule has 2 N–H and O–H groups in total. The molecule has 0 aliphatic rings. The Kier molecular flexibility index (Phi) is 32.4. The third-order valence-electron chi connectivity index (χ3n) is 4.86. The summed E-state index contributed by atoms with van der Waals surface area (Å²) in [5.74, 6) is 0.122. The molecule has 0 aromatic carbocycles. The smallest absolute Gasteiger partial charge is 0.407 e. The number of hydrogen-bond acceptors (Lipinski definition) is 13. The van der Waals surface area contributed by atoms with E-state index in [0.717, 1.165) is 0 Å². The number of nitrogens with one attached hydrogen (secondary N) is 2. The predicted octanol–water partition coefficient (Wildman–Crippen LogP) is 3.15. The van der Waals surface area contributed by atoms with Crippen LogP contribution in [0.1, 0.15) is 61.8 Å². The van der Waals surface area contributed by atoms with Crippen LogP contribution in [0.3, 0.4) is 0 Å². The van der Waals surface area contributed by atoms with Crippen LogP contribution < -0.4 is 10.6 Å². The molecule has 15 heteroatoms. The highest BCUT2D eigenvalue weighted by Crippen LogP contribution is 2.06. The minimum Gasteiger partial charge on any atom is -0.444 e. The zero-order valence-corrected chi connectivity index (χ0v) is 30.2. The van der Waals surface area contributed by atoms with E-state index in [0.29, 0.717) is 125 Å². The third-order valence-corrected chi connectivity index (χ3v) is 4.86. The lowest BCUT2D eigenvalue weighted by Gasteiger charge is -2.19. The molecule has 0 rings (SSSR count). The predicted molar refractivity (Wildman–Crippen MR) is 176 cm³/mol. The quantitative estimate of drug-likeness (QED) is 0.116. The van der Waals surface area contributed by atoms with E-state index in [9.17, 15) is 14.4 Å². The molecule has 280 valence electrons. The van der Waals surface area contributed by atoms with Crippen molar-refractivity contribution in [2.45, 2.75) is 73.0 Å². The number of ketones is 1. The first kappa shape index (κ1) is 47.0. The molecule has 0 aliphatic heterocycles. The molecule has 0 bridgehead atoms. The highest BCUT2D eigenvalue weighted by atomic mass is 16.6. The normalized spacial score (nSPS) is 11.4. The summed E-state index contributed by atoms with van der Waals surface area (Å²) in [6.45, 7) is 23.3. The lowest BCUT2D eigenvalue weighted by atomic mass is 10.2. The van der Waals surface area contributed by atoms with Gasteiger partial charge in [-0.2, -0.15) is 0 Å². The maximum absolute atomic E-state index is 11.4. The average Bonchev–Trinajstić information content (AvgIpc) is 2.96. The van der Waals surface area contributed by atoms with Gasteiger partial charge in [-0.3, -0.25) is 4.79 Å². The molecular formula is C32H64N2O13. The van der Waals surface area contributed by atoms with Gasteiger partial charge in [0.2, 0.25) is 0 Å². The molecule has 0 saturated carbocycles. The van der Waals surface area contributed by atoms with E-state index in [2.05, 4.69) is 10.6 Å². The maximum atomic E-state index is 11.4. The van der Waals surface area contributed by atoms with Crippen LogP contribution in [-0.4, -0.2) is 148 Å². The van der Waals surface area contributed by atoms with E-state index < -0.39 is 23.4 Å². The van der Waals surface area contributed by atoms with Crippen LogP contribution in [0.4, 0.5) is 9.59 Å². The molecule has 0 aliphatic carbocycles. The van der Waals surface area contributed by atoms with Crippen LogP contribution in [-0.2, 0) is 52.2 Å². The Bertz CT molecular complexity index is 743. The van der Waals surface area contributed by atoms with Crippen molar-refractivity contribution >= 4 is 18.0 Å². The minimum absolute atomic E-state index is 0.122. The van der Waals surface area contributed by atoms with Gasteiger partial charge in [-0.15, -0.1) is 0 Å². The van der Waals surface area contributed by atoms with E-state index in [1.54, 1.807) is 6.92 Å². The Morgan fingerprint density at radius 3 is 1.00 bits per heavy atom. The van der Waals surface area contributed by atoms with Crippen molar-refractivity contribution in [1.82, 2.24) is 10.6 Å². The summed E-state index contributed by atoms with van der Waals surface area (Å²) in [7, 11) is 0. The summed E-state index contributed by atoms with van der Waals surface area (Å²) >= 11 is 0. The van der Waals surface area contributed by atoms with Crippen molar-refractivity contribution in [3.8, 4) is 0 Å². The van der Waals surface area contributed by atoms with Crippen molar-refractivity contribution in [3.63, 3.8) is 0 Å². The lowest BCUT2D eigenvalue weighted by Crippen LogP contribution is -2.34. The van der Waals surface area contributed by atoms with Crippen LogP contribution in [0.25, 0.3) is 0 Å². The van der Waals surface area contributed by atoms with Gasteiger partial charge in [0.15, 0.2) is 0 Å². The van der Waals surface area contributed by atoms with Crippen molar-refractivity contribution < 1.29 is 61.8 Å². The Morgan fingerprint density at radius 2 is 0.723 bits per heavy atom. The van der Waals surface area contributed by atoms with Gasteiger partial charge in [-0.1, -0.05) is 0 Å². The van der Waals surface area contributed by atoms with Crippen LogP contribution in [0.5, 0.6) is 0 Å². The molecule has 0 heterocycles. The number of rotatable bonds is 28. The minimum atomic E-state index is -0.498. The summed E-state index contributed by atoms with van der Waals surface area (Å²) in [5, 5.41) is 5.22. The van der Waals surface area contributed by atoms with Crippen molar-refractivity contribution in [1.29, 1.82) is 0 Å². The highest BCUT2D eigenvalue weighted by molar-refractivity contribution is 5.75. The molecule has 0 spiro atoms. The van der Waals surface area contributed by atoms with E-state index in [-0.39, 0.29) is 5.78 Å². The lowest BCUT2D eigenvalue weighted by molar-refractivity contribution is -0.118. The van der Waals surface area contributed by atoms with Gasteiger partial charge < -0.3 is 58.0 Å². The van der Waals surface area contributed by atoms with Gasteiger partial charge in [0.25, 0.3) is 0 Å². The number of Topliss-reactive ketones (excluding diaryl/α,β-unsaturated/α-hetero) is 1. The van der Waals surface area contributed by atoms with Crippen LogP contribution in [0.2, 0.25) is 0 Å². The Morgan fingerprint density at radius 1 is 0.447 bits per heavy atom. The largest absolute Gasteiger partial charge is 0.444 e. The number of carbonyl (C=O) groups is 3. The Hall–Kier alpha value is -2.11. The van der Waals surface area contributed by atoms with E-state index in [4.69, 9.17) is 47.4 Å². The zero-order chi connectivity index (χ0) is 35.7. The van der Waals surface area contributed by atoms with Crippen molar-refractivity contribution in [2.75, 3.05) is 119 Å². The molecule has 0 unspecified atom stereocenters. The molecular weight excluding hydrogens is 620 g/mol. The van der Waals surface area contributed by atoms with E-state index in [1.165, 1.54) is 0 Å². The average molecular weight is 685 g/mol. The van der Waals surface area contributed by atoms with Gasteiger partial charge in [0.1, 0.15) is 17.0 Å². The van der Waals surface area contributed by atoms with Crippen molar-refractivity contribution in [2.24, 2.45) is 0 Å². The van der Waals surface area contributed by atoms with Gasteiger partial charge in [-0.25, -0.2) is 9.59 Å². The van der Waals surface area contributed by atoms with Crippen LogP contribution in [0, 0.1) is 0 Å². The van der Waals surface area contributed by atoms with Crippen molar-refractivity contribution in [3.05, 3.63) is 0 Å². The number of hydrogen-bond donors (Lipinski definition) is 2. The second kappa shape index (κ2) is 32.4. The summed E-state index contributed by atoms with van der Waals surface area (Å²) < 4.78 is 52.5. The molecule has 0 saturated heterocycles. The molecule has 0 aromatic rings. The van der Waals surface area contributed by atoms with Gasteiger partial charge in [0.05, 0.1) is 99.1 Å². The Balaban J connectivity index is 0. The summed E-state index contributed by atoms with van der Waals surface area (Å²) in [6.07, 6.45) is -0.442. The van der Waals surface area contributed by atoms with Gasteiger partial charge in [0, 0.05) is 26.1 Å². The van der Waals surface area contributed by atoms with Gasteiger partial charge in [-0.05, 0) is 55.4 Å². The molecule has 0 radical (unpaired) electrons. The fourth-order valence-electron chi connectivity index (χ4n) is 2.86. The van der Waals surface area contributed by atoms with E-state index >= 15 is 0 Å². The third kappa shape index (κ3) is 46.1. The van der Waals surface area contributed by atoms with Crippen LogP contribution >= 0.6 is 0 Å². The molecule has 0 atom stereocenters. The second-order valence-corrected chi connectivity index (χ2v) is 11.8. The standard InChI is InChI=1S/C17H33NO7.C15H31NO6/c1-15(19)5-7-21-9-11-23-13-14-24-12-10-22-8-6-18-16(20)25-17(2,3)4;1-5-18-8-9-20-12-13-21-11-10-19-7-6-16-14(17)22-15(2,3)4/h5-14H2,1-4H3,(H,18,20);5-13H2,1-4H3,(H,16,17). The van der Waals surface area contributed by atoms with E-state index in [1.807, 2.05) is 48.5 Å². The second-order valence-electron chi connectivity index (χ2n) is 11.8. The van der Waals surface area contributed by atoms with Gasteiger partial charge >= 0.3 is 12.2 Å². The summed E-state index contributed by atoms with van der Waals surface area (Å²) in [4.78, 5) is 33.4. The number of alkyl carbamates (subject to hydrolysis) is 2. The topological polar surface area (TPSA) is 168 Å². The SMILES string of the molecule is CC(=O)CCOCCOCCOCCOCCNC(=O)OC(C)(C)C.CCOCCOCCOCCOCCNC(=O)OC(C)(C)C. The van der Waals surface area contributed by atoms with Crippen LogP contribution in [0.15, 0.2) is 0 Å². The maximum Gasteiger partial charge on any atom is 0.407 e. The highest BCUT2D eigenvalue weighted by Gasteiger charge is 2.16. The molecule has 15 nitrogen and oxygen atoms in total.